The van der Waals surface area contributed by atoms with Gasteiger partial charge in [0.2, 0.25) is 0 Å². The summed E-state index contributed by atoms with van der Waals surface area (Å²) in [6, 6.07) is 6.71. The molecule has 1 aromatic carbocycles. The van der Waals surface area contributed by atoms with Crippen LogP contribution in [0, 0.1) is 0 Å². The van der Waals surface area contributed by atoms with E-state index in [2.05, 4.69) is 4.98 Å². The molecule has 0 unspecified atom stereocenters. The first-order valence-corrected chi connectivity index (χ1v) is 5.08. The standard InChI is InChI=1S/C11H8ClNO4/c12-7-1-3-8(4-2-7)16-5-9-10(11(14)15)13-6-17-9/h1-4,6H,5H2,(H,14,15). The summed E-state index contributed by atoms with van der Waals surface area (Å²) in [6.07, 6.45) is 1.07. The number of oxazole rings is 1. The number of halogens is 1. The van der Waals surface area contributed by atoms with Crippen LogP contribution in [0.25, 0.3) is 0 Å². The molecule has 17 heavy (non-hydrogen) atoms. The molecular weight excluding hydrogens is 246 g/mol. The first kappa shape index (κ1) is 11.5. The van der Waals surface area contributed by atoms with E-state index in [1.807, 2.05) is 0 Å². The van der Waals surface area contributed by atoms with Gasteiger partial charge in [-0.1, -0.05) is 11.6 Å². The molecule has 2 aromatic rings. The Morgan fingerprint density at radius 3 is 2.76 bits per heavy atom. The summed E-state index contributed by atoms with van der Waals surface area (Å²) in [5.41, 5.74) is -0.140. The van der Waals surface area contributed by atoms with Crippen LogP contribution in [0.15, 0.2) is 35.1 Å². The molecule has 88 valence electrons. The maximum atomic E-state index is 10.7. The van der Waals surface area contributed by atoms with Crippen molar-refractivity contribution in [2.24, 2.45) is 0 Å². The first-order chi connectivity index (χ1) is 8.16. The largest absolute Gasteiger partial charge is 0.486 e. The van der Waals surface area contributed by atoms with Crippen LogP contribution < -0.4 is 4.74 Å². The van der Waals surface area contributed by atoms with E-state index in [1.165, 1.54) is 0 Å². The van der Waals surface area contributed by atoms with E-state index in [-0.39, 0.29) is 18.1 Å². The average molecular weight is 254 g/mol. The van der Waals surface area contributed by atoms with Gasteiger partial charge in [-0.3, -0.25) is 0 Å². The molecule has 1 aromatic heterocycles. The van der Waals surface area contributed by atoms with Gasteiger partial charge in [-0.05, 0) is 24.3 Å². The number of benzene rings is 1. The van der Waals surface area contributed by atoms with Gasteiger partial charge in [-0.2, -0.15) is 0 Å². The fraction of sp³-hybridized carbons (Fsp3) is 0.0909. The predicted octanol–water partition coefficient (Wildman–Crippen LogP) is 2.61. The molecule has 0 aliphatic heterocycles. The summed E-state index contributed by atoms with van der Waals surface area (Å²) in [5, 5.41) is 9.39. The number of rotatable bonds is 4. The highest BCUT2D eigenvalue weighted by molar-refractivity contribution is 6.30. The highest BCUT2D eigenvalue weighted by Gasteiger charge is 2.15. The molecule has 0 fully saturated rings. The molecule has 0 radical (unpaired) electrons. The van der Waals surface area contributed by atoms with Gasteiger partial charge in [-0.25, -0.2) is 9.78 Å². The van der Waals surface area contributed by atoms with Crippen molar-refractivity contribution in [1.82, 2.24) is 4.98 Å². The average Bonchev–Trinajstić information content (AvgIpc) is 2.76. The minimum atomic E-state index is -1.14. The number of aromatic nitrogens is 1. The molecule has 0 aliphatic carbocycles. The molecule has 1 heterocycles. The number of hydrogen-bond acceptors (Lipinski definition) is 4. The minimum Gasteiger partial charge on any atom is -0.486 e. The van der Waals surface area contributed by atoms with Crippen molar-refractivity contribution in [3.63, 3.8) is 0 Å². The van der Waals surface area contributed by atoms with E-state index >= 15 is 0 Å². The predicted molar refractivity (Wildman–Crippen MR) is 59.2 cm³/mol. The molecule has 0 saturated carbocycles. The molecule has 0 amide bonds. The van der Waals surface area contributed by atoms with Gasteiger partial charge in [-0.15, -0.1) is 0 Å². The van der Waals surface area contributed by atoms with Crippen LogP contribution in [0.3, 0.4) is 0 Å². The highest BCUT2D eigenvalue weighted by atomic mass is 35.5. The lowest BCUT2D eigenvalue weighted by Crippen LogP contribution is -2.04. The zero-order valence-electron chi connectivity index (χ0n) is 8.59. The molecule has 2 rings (SSSR count). The van der Waals surface area contributed by atoms with Crippen LogP contribution in [-0.2, 0) is 6.61 Å². The van der Waals surface area contributed by atoms with Gasteiger partial charge in [0.15, 0.2) is 17.8 Å². The summed E-state index contributed by atoms with van der Waals surface area (Å²) < 4.78 is 10.3. The Bertz CT molecular complexity index is 521. The summed E-state index contributed by atoms with van der Waals surface area (Å²) >= 11 is 5.72. The molecule has 0 saturated heterocycles. The maximum absolute atomic E-state index is 10.7. The Balaban J connectivity index is 2.05. The van der Waals surface area contributed by atoms with Crippen molar-refractivity contribution in [1.29, 1.82) is 0 Å². The Hall–Kier alpha value is -2.01. The van der Waals surface area contributed by atoms with E-state index < -0.39 is 5.97 Å². The van der Waals surface area contributed by atoms with Crippen molar-refractivity contribution < 1.29 is 19.1 Å². The lowest BCUT2D eigenvalue weighted by atomic mass is 10.3. The van der Waals surface area contributed by atoms with Crippen molar-refractivity contribution in [2.75, 3.05) is 0 Å². The number of ether oxygens (including phenoxy) is 1. The third-order valence-electron chi connectivity index (χ3n) is 2.03. The van der Waals surface area contributed by atoms with Gasteiger partial charge in [0.05, 0.1) is 0 Å². The number of carboxylic acid groups (broad SMARTS) is 1. The van der Waals surface area contributed by atoms with E-state index in [0.717, 1.165) is 6.39 Å². The second-order valence-electron chi connectivity index (χ2n) is 3.17. The van der Waals surface area contributed by atoms with Gasteiger partial charge in [0.1, 0.15) is 12.4 Å². The molecule has 0 bridgehead atoms. The van der Waals surface area contributed by atoms with Crippen LogP contribution in [0.4, 0.5) is 0 Å². The zero-order chi connectivity index (χ0) is 12.3. The zero-order valence-corrected chi connectivity index (χ0v) is 9.35. The molecule has 5 nitrogen and oxygen atoms in total. The SMILES string of the molecule is O=C(O)c1ncoc1COc1ccc(Cl)cc1. The van der Waals surface area contributed by atoms with Gasteiger partial charge in [0, 0.05) is 5.02 Å². The molecule has 0 spiro atoms. The van der Waals surface area contributed by atoms with Crippen molar-refractivity contribution in [3.05, 3.63) is 47.1 Å². The van der Waals surface area contributed by atoms with Crippen LogP contribution in [0.5, 0.6) is 5.75 Å². The summed E-state index contributed by atoms with van der Waals surface area (Å²) in [7, 11) is 0. The minimum absolute atomic E-state index is 0.00324. The van der Waals surface area contributed by atoms with Crippen LogP contribution >= 0.6 is 11.6 Å². The molecule has 0 aliphatic rings. The van der Waals surface area contributed by atoms with Crippen molar-refractivity contribution >= 4 is 17.6 Å². The Morgan fingerprint density at radius 1 is 1.41 bits per heavy atom. The molecule has 1 N–H and O–H groups in total. The topological polar surface area (TPSA) is 72.6 Å². The quantitative estimate of drug-likeness (QED) is 0.907. The first-order valence-electron chi connectivity index (χ1n) is 4.71. The molecule has 0 atom stereocenters. The Morgan fingerprint density at radius 2 is 2.12 bits per heavy atom. The van der Waals surface area contributed by atoms with E-state index in [4.69, 9.17) is 25.9 Å². The Labute approximate surface area is 102 Å². The van der Waals surface area contributed by atoms with E-state index in [1.54, 1.807) is 24.3 Å². The normalized spacial score (nSPS) is 10.2. The van der Waals surface area contributed by atoms with Gasteiger partial charge < -0.3 is 14.3 Å². The van der Waals surface area contributed by atoms with Crippen molar-refractivity contribution in [3.8, 4) is 5.75 Å². The van der Waals surface area contributed by atoms with Crippen LogP contribution in [0.2, 0.25) is 5.02 Å². The number of hydrogen-bond donors (Lipinski definition) is 1. The summed E-state index contributed by atoms with van der Waals surface area (Å²) in [6.45, 7) is 0.00324. The fourth-order valence-electron chi connectivity index (χ4n) is 1.23. The third-order valence-corrected chi connectivity index (χ3v) is 2.28. The van der Waals surface area contributed by atoms with Gasteiger partial charge >= 0.3 is 5.97 Å². The molecular formula is C11H8ClNO4. The van der Waals surface area contributed by atoms with Gasteiger partial charge in [0.25, 0.3) is 0 Å². The maximum Gasteiger partial charge on any atom is 0.358 e. The Kier molecular flexibility index (Phi) is 3.30. The number of carboxylic acids is 1. The number of carbonyl (C=O) groups is 1. The second-order valence-corrected chi connectivity index (χ2v) is 3.61. The monoisotopic (exact) mass is 253 g/mol. The van der Waals surface area contributed by atoms with Crippen LogP contribution in [0.1, 0.15) is 16.2 Å². The highest BCUT2D eigenvalue weighted by Crippen LogP contribution is 2.17. The smallest absolute Gasteiger partial charge is 0.358 e. The van der Waals surface area contributed by atoms with Crippen molar-refractivity contribution in [2.45, 2.75) is 6.61 Å². The second kappa shape index (κ2) is 4.88. The summed E-state index contributed by atoms with van der Waals surface area (Å²) in [4.78, 5) is 14.3. The van der Waals surface area contributed by atoms with E-state index in [0.29, 0.717) is 10.8 Å². The lowest BCUT2D eigenvalue weighted by Gasteiger charge is -2.04. The number of aromatic carboxylic acids is 1. The lowest BCUT2D eigenvalue weighted by molar-refractivity contribution is 0.0686. The van der Waals surface area contributed by atoms with Crippen LogP contribution in [-0.4, -0.2) is 16.1 Å². The molecule has 6 heteroatoms. The number of nitrogens with zero attached hydrogens (tertiary/aromatic N) is 1. The fourth-order valence-corrected chi connectivity index (χ4v) is 1.35. The third kappa shape index (κ3) is 2.76. The van der Waals surface area contributed by atoms with E-state index in [9.17, 15) is 4.79 Å². The summed E-state index contributed by atoms with van der Waals surface area (Å²) in [5.74, 6) is -0.400.